The van der Waals surface area contributed by atoms with Gasteiger partial charge in [-0.1, -0.05) is 18.9 Å². The molecular weight excluding hydrogens is 424 g/mol. The molecule has 0 unspecified atom stereocenters. The lowest BCUT2D eigenvalue weighted by Gasteiger charge is -2.51. The van der Waals surface area contributed by atoms with E-state index in [1.807, 2.05) is 0 Å². The standard InChI is InChI=1S/C29H38N2O3/c32-26(33)28-13-16-29(17-14-28,18-15-28)30-20-22-4-3-21-19-24(5-6-25(21)31-22)34-23-7-11-27(12-8-23)9-1-2-10-27/h3-6,19,23,30H,1-2,7-18,20H2,(H,32,33). The highest BCUT2D eigenvalue weighted by Gasteiger charge is 2.52. The minimum atomic E-state index is -0.596. The van der Waals surface area contributed by atoms with E-state index in [0.717, 1.165) is 67.4 Å². The van der Waals surface area contributed by atoms with E-state index in [-0.39, 0.29) is 5.54 Å². The third kappa shape index (κ3) is 4.10. The number of pyridine rings is 1. The summed E-state index contributed by atoms with van der Waals surface area (Å²) in [6.07, 6.45) is 16.4. The molecule has 0 aliphatic heterocycles. The highest BCUT2D eigenvalue weighted by Crippen LogP contribution is 2.52. The average Bonchev–Trinajstić information content (AvgIpc) is 3.33. The number of aromatic nitrogens is 1. The Hall–Kier alpha value is -2.14. The summed E-state index contributed by atoms with van der Waals surface area (Å²) in [6, 6.07) is 10.6. The Kier molecular flexibility index (Phi) is 5.59. The van der Waals surface area contributed by atoms with Crippen LogP contribution in [-0.2, 0) is 11.3 Å². The second kappa shape index (κ2) is 8.51. The van der Waals surface area contributed by atoms with Gasteiger partial charge in [-0.3, -0.25) is 9.78 Å². The van der Waals surface area contributed by atoms with Crippen molar-refractivity contribution in [2.75, 3.05) is 0 Å². The Labute approximate surface area is 202 Å². The summed E-state index contributed by atoms with van der Waals surface area (Å²) in [5.41, 5.74) is 2.33. The smallest absolute Gasteiger partial charge is 0.309 e. The zero-order chi connectivity index (χ0) is 23.2. The fourth-order valence-electron chi connectivity index (χ4n) is 7.51. The summed E-state index contributed by atoms with van der Waals surface area (Å²) >= 11 is 0. The number of carboxylic acid groups (broad SMARTS) is 1. The van der Waals surface area contributed by atoms with Crippen molar-refractivity contribution in [2.45, 2.75) is 108 Å². The lowest BCUT2D eigenvalue weighted by atomic mass is 9.57. The number of rotatable bonds is 6. The molecule has 2 bridgehead atoms. The third-order valence-corrected chi connectivity index (χ3v) is 10.0. The van der Waals surface area contributed by atoms with E-state index in [9.17, 15) is 9.90 Å². The van der Waals surface area contributed by atoms with Crippen LogP contribution in [0.2, 0.25) is 0 Å². The normalized spacial score (nSPS) is 30.7. The van der Waals surface area contributed by atoms with E-state index in [4.69, 9.17) is 9.72 Å². The maximum atomic E-state index is 11.7. The highest BCUT2D eigenvalue weighted by atomic mass is 16.5. The fourth-order valence-corrected chi connectivity index (χ4v) is 7.51. The van der Waals surface area contributed by atoms with Crippen molar-refractivity contribution >= 4 is 16.9 Å². The molecule has 7 rings (SSSR count). The van der Waals surface area contributed by atoms with Gasteiger partial charge >= 0.3 is 5.97 Å². The Balaban J connectivity index is 1.06. The van der Waals surface area contributed by atoms with Gasteiger partial charge in [0.25, 0.3) is 0 Å². The Morgan fingerprint density at radius 1 is 0.941 bits per heavy atom. The second-order valence-electron chi connectivity index (χ2n) is 11.9. The number of hydrogen-bond donors (Lipinski definition) is 2. The number of hydrogen-bond acceptors (Lipinski definition) is 4. The molecular formula is C29H38N2O3. The molecule has 1 spiro atoms. The molecule has 0 atom stereocenters. The molecule has 0 radical (unpaired) electrons. The molecule has 0 amide bonds. The van der Waals surface area contributed by atoms with E-state index in [2.05, 4.69) is 35.6 Å². The zero-order valence-electron chi connectivity index (χ0n) is 20.3. The van der Waals surface area contributed by atoms with Crippen LogP contribution in [0.5, 0.6) is 5.75 Å². The number of benzene rings is 1. The number of aliphatic carboxylic acids is 1. The molecule has 2 N–H and O–H groups in total. The van der Waals surface area contributed by atoms with Crippen LogP contribution in [0, 0.1) is 10.8 Å². The number of nitrogens with zero attached hydrogens (tertiary/aromatic N) is 1. The van der Waals surface area contributed by atoms with Crippen molar-refractivity contribution in [3.63, 3.8) is 0 Å². The van der Waals surface area contributed by atoms with Crippen LogP contribution in [0.1, 0.15) is 95.6 Å². The van der Waals surface area contributed by atoms with Crippen molar-refractivity contribution in [2.24, 2.45) is 10.8 Å². The summed E-state index contributed by atoms with van der Waals surface area (Å²) in [6.45, 7) is 0.734. The molecule has 5 fully saturated rings. The van der Waals surface area contributed by atoms with Crippen LogP contribution in [-0.4, -0.2) is 27.7 Å². The van der Waals surface area contributed by atoms with E-state index < -0.39 is 11.4 Å². The van der Waals surface area contributed by atoms with Gasteiger partial charge in [0.05, 0.1) is 22.7 Å². The number of fused-ring (bicyclic) bond motifs is 4. The first-order chi connectivity index (χ1) is 16.5. The highest BCUT2D eigenvalue weighted by molar-refractivity contribution is 5.80. The second-order valence-corrected chi connectivity index (χ2v) is 11.9. The van der Waals surface area contributed by atoms with Gasteiger partial charge in [-0.2, -0.15) is 0 Å². The largest absolute Gasteiger partial charge is 0.490 e. The molecule has 5 saturated carbocycles. The molecule has 5 aliphatic carbocycles. The summed E-state index contributed by atoms with van der Waals surface area (Å²) < 4.78 is 6.40. The molecule has 5 nitrogen and oxygen atoms in total. The number of carboxylic acids is 1. The first-order valence-electron chi connectivity index (χ1n) is 13.5. The van der Waals surface area contributed by atoms with Gasteiger partial charge < -0.3 is 15.2 Å². The summed E-state index contributed by atoms with van der Waals surface area (Å²) in [4.78, 5) is 16.6. The molecule has 1 aromatic carbocycles. The minimum absolute atomic E-state index is 0.0859. The van der Waals surface area contributed by atoms with Gasteiger partial charge in [0.15, 0.2) is 0 Å². The topological polar surface area (TPSA) is 71.5 Å². The molecule has 0 saturated heterocycles. The van der Waals surface area contributed by atoms with Gasteiger partial charge in [0, 0.05) is 17.5 Å². The molecule has 1 heterocycles. The zero-order valence-corrected chi connectivity index (χ0v) is 20.3. The maximum absolute atomic E-state index is 11.7. The van der Waals surface area contributed by atoms with E-state index in [1.54, 1.807) is 0 Å². The van der Waals surface area contributed by atoms with Crippen molar-refractivity contribution in [3.05, 3.63) is 36.0 Å². The van der Waals surface area contributed by atoms with E-state index in [0.29, 0.717) is 11.5 Å². The Bertz CT molecular complexity index is 1040. The van der Waals surface area contributed by atoms with Gasteiger partial charge in [0.1, 0.15) is 5.75 Å². The first-order valence-corrected chi connectivity index (χ1v) is 13.5. The van der Waals surface area contributed by atoms with Crippen LogP contribution in [0.25, 0.3) is 10.9 Å². The predicted molar refractivity (Wildman–Crippen MR) is 133 cm³/mol. The monoisotopic (exact) mass is 462 g/mol. The predicted octanol–water partition coefficient (Wildman–Crippen LogP) is 6.38. The van der Waals surface area contributed by atoms with Gasteiger partial charge in [-0.05, 0) is 107 Å². The summed E-state index contributed by atoms with van der Waals surface area (Å²) in [7, 11) is 0. The lowest BCUT2D eigenvalue weighted by molar-refractivity contribution is -0.156. The quantitative estimate of drug-likeness (QED) is 0.521. The molecule has 182 valence electrons. The van der Waals surface area contributed by atoms with Crippen LogP contribution in [0.4, 0.5) is 0 Å². The van der Waals surface area contributed by atoms with Gasteiger partial charge in [-0.25, -0.2) is 0 Å². The van der Waals surface area contributed by atoms with Crippen molar-refractivity contribution < 1.29 is 14.6 Å². The summed E-state index contributed by atoms with van der Waals surface area (Å²) in [5, 5.41) is 14.5. The lowest BCUT2D eigenvalue weighted by Crippen LogP contribution is -2.56. The van der Waals surface area contributed by atoms with Crippen LogP contribution < -0.4 is 10.1 Å². The molecule has 5 heteroatoms. The van der Waals surface area contributed by atoms with Gasteiger partial charge in [0.2, 0.25) is 0 Å². The number of carbonyl (C=O) groups is 1. The number of nitrogens with one attached hydrogen (secondary N) is 1. The first kappa shape index (κ1) is 22.3. The molecule has 2 aromatic rings. The minimum Gasteiger partial charge on any atom is -0.490 e. The average molecular weight is 463 g/mol. The Morgan fingerprint density at radius 2 is 1.65 bits per heavy atom. The maximum Gasteiger partial charge on any atom is 0.309 e. The Morgan fingerprint density at radius 3 is 2.32 bits per heavy atom. The molecule has 34 heavy (non-hydrogen) atoms. The fraction of sp³-hybridized carbons (Fsp3) is 0.655. The van der Waals surface area contributed by atoms with Crippen molar-refractivity contribution in [1.82, 2.24) is 10.3 Å². The van der Waals surface area contributed by atoms with Crippen molar-refractivity contribution in [1.29, 1.82) is 0 Å². The SMILES string of the molecule is O=C(O)C12CCC(NCc3ccc4cc(OC5CCC6(CCCC6)CC5)ccc4n3)(CC1)CC2. The van der Waals surface area contributed by atoms with Crippen LogP contribution in [0.15, 0.2) is 30.3 Å². The molecule has 5 aliphatic rings. The molecule has 1 aromatic heterocycles. The van der Waals surface area contributed by atoms with Gasteiger partial charge in [-0.15, -0.1) is 0 Å². The third-order valence-electron chi connectivity index (χ3n) is 10.0. The van der Waals surface area contributed by atoms with Crippen LogP contribution >= 0.6 is 0 Å². The van der Waals surface area contributed by atoms with E-state index in [1.165, 1.54) is 51.4 Å². The summed E-state index contributed by atoms with van der Waals surface area (Å²) in [5.74, 6) is 0.374. The van der Waals surface area contributed by atoms with Crippen molar-refractivity contribution in [3.8, 4) is 5.75 Å². The number of ether oxygens (including phenoxy) is 1. The van der Waals surface area contributed by atoms with Crippen LogP contribution in [0.3, 0.4) is 0 Å². The van der Waals surface area contributed by atoms with E-state index >= 15 is 0 Å².